The molecule has 0 spiro atoms. The van der Waals surface area contributed by atoms with Crippen molar-refractivity contribution >= 4 is 5.91 Å². The Morgan fingerprint density at radius 1 is 1.25 bits per heavy atom. The van der Waals surface area contributed by atoms with E-state index in [0.29, 0.717) is 6.04 Å². The summed E-state index contributed by atoms with van der Waals surface area (Å²) in [4.78, 5) is 19.5. The lowest BCUT2D eigenvalue weighted by Gasteiger charge is -2.41. The molecule has 7 heteroatoms. The third kappa shape index (κ3) is 3.63. The molecule has 1 aliphatic carbocycles. The van der Waals surface area contributed by atoms with Crippen LogP contribution >= 0.6 is 0 Å². The summed E-state index contributed by atoms with van der Waals surface area (Å²) in [6, 6.07) is 8.00. The van der Waals surface area contributed by atoms with Crippen LogP contribution in [0.5, 0.6) is 5.75 Å². The maximum absolute atomic E-state index is 12.8. The lowest BCUT2D eigenvalue weighted by atomic mass is 9.96. The van der Waals surface area contributed by atoms with Crippen molar-refractivity contribution in [1.82, 2.24) is 19.7 Å². The van der Waals surface area contributed by atoms with Crippen LogP contribution in [-0.2, 0) is 16.1 Å². The molecule has 0 unspecified atom stereocenters. The van der Waals surface area contributed by atoms with E-state index >= 15 is 0 Å². The highest BCUT2D eigenvalue weighted by Gasteiger charge is 2.47. The Morgan fingerprint density at radius 3 is 2.64 bits per heavy atom. The zero-order valence-electron chi connectivity index (χ0n) is 16.8. The van der Waals surface area contributed by atoms with Crippen LogP contribution in [0.25, 0.3) is 0 Å². The molecule has 150 valence electrons. The highest BCUT2D eigenvalue weighted by molar-refractivity contribution is 5.79. The molecule has 1 saturated carbocycles. The van der Waals surface area contributed by atoms with Crippen molar-refractivity contribution in [1.29, 1.82) is 0 Å². The zero-order valence-corrected chi connectivity index (χ0v) is 16.8. The minimum atomic E-state index is -0.329. The molecule has 2 atom stereocenters. The van der Waals surface area contributed by atoms with E-state index in [1.165, 1.54) is 0 Å². The van der Waals surface area contributed by atoms with E-state index in [-0.39, 0.29) is 24.7 Å². The molecule has 0 radical (unpaired) electrons. The minimum absolute atomic E-state index is 0.0518. The van der Waals surface area contributed by atoms with Crippen molar-refractivity contribution in [3.05, 3.63) is 41.5 Å². The number of ether oxygens (including phenoxy) is 2. The summed E-state index contributed by atoms with van der Waals surface area (Å²) in [6.07, 6.45) is 3.88. The third-order valence-corrected chi connectivity index (χ3v) is 5.44. The largest absolute Gasteiger partial charge is 0.497 e. The van der Waals surface area contributed by atoms with Crippen molar-refractivity contribution in [3.8, 4) is 5.75 Å². The normalized spacial score (nSPS) is 22.5. The van der Waals surface area contributed by atoms with E-state index in [4.69, 9.17) is 14.5 Å². The van der Waals surface area contributed by atoms with Gasteiger partial charge < -0.3 is 14.4 Å². The maximum Gasteiger partial charge on any atom is 0.249 e. The zero-order chi connectivity index (χ0) is 19.7. The van der Waals surface area contributed by atoms with Crippen LogP contribution in [0.3, 0.4) is 0 Å². The van der Waals surface area contributed by atoms with Gasteiger partial charge in [-0.1, -0.05) is 25.5 Å². The van der Waals surface area contributed by atoms with Crippen LogP contribution in [0.4, 0.5) is 0 Å². The van der Waals surface area contributed by atoms with Gasteiger partial charge in [0.1, 0.15) is 24.3 Å². The van der Waals surface area contributed by atoms with Crippen LogP contribution in [0.2, 0.25) is 0 Å². The maximum atomic E-state index is 12.8. The number of morpholine rings is 1. The number of aryl methyl sites for hydroxylation is 2. The molecule has 1 aromatic carbocycles. The van der Waals surface area contributed by atoms with E-state index in [1.54, 1.807) is 7.11 Å². The Kier molecular flexibility index (Phi) is 5.35. The van der Waals surface area contributed by atoms with Crippen molar-refractivity contribution in [2.24, 2.45) is 0 Å². The number of unbranched alkanes of at least 4 members (excludes halogenated alkanes) is 1. The topological polar surface area (TPSA) is 69.5 Å². The van der Waals surface area contributed by atoms with Crippen molar-refractivity contribution < 1.29 is 14.3 Å². The van der Waals surface area contributed by atoms with Gasteiger partial charge in [-0.2, -0.15) is 5.10 Å². The Balaban J connectivity index is 1.74. The lowest BCUT2D eigenvalue weighted by molar-refractivity contribution is -0.160. The molecule has 2 aromatic rings. The lowest BCUT2D eigenvalue weighted by Crippen LogP contribution is -2.47. The van der Waals surface area contributed by atoms with Crippen molar-refractivity contribution in [2.45, 2.75) is 64.3 Å². The SMILES string of the molecule is CCCCn1nc(C)nc1[C@H]1OCC(=O)N(C2CC2)[C@@H]1c1ccc(OC)cc1. The summed E-state index contributed by atoms with van der Waals surface area (Å²) in [7, 11) is 1.65. The van der Waals surface area contributed by atoms with Gasteiger partial charge in [-0.25, -0.2) is 9.67 Å². The first-order valence-corrected chi connectivity index (χ1v) is 10.1. The van der Waals surface area contributed by atoms with Crippen molar-refractivity contribution in [2.75, 3.05) is 13.7 Å². The second-order valence-electron chi connectivity index (χ2n) is 7.58. The molecular formula is C21H28N4O3. The van der Waals surface area contributed by atoms with Gasteiger partial charge >= 0.3 is 0 Å². The summed E-state index contributed by atoms with van der Waals surface area (Å²) < 4.78 is 13.4. The average molecular weight is 384 g/mol. The number of aromatic nitrogens is 3. The first kappa shape index (κ1) is 18.9. The van der Waals surface area contributed by atoms with Crippen LogP contribution in [0.1, 0.15) is 62.0 Å². The predicted molar refractivity (Wildman–Crippen MR) is 104 cm³/mol. The van der Waals surface area contributed by atoms with Gasteiger partial charge in [0.2, 0.25) is 5.91 Å². The summed E-state index contributed by atoms with van der Waals surface area (Å²) in [6.45, 7) is 4.96. The Hall–Kier alpha value is -2.41. The van der Waals surface area contributed by atoms with E-state index in [1.807, 2.05) is 40.8 Å². The van der Waals surface area contributed by atoms with Crippen molar-refractivity contribution in [3.63, 3.8) is 0 Å². The van der Waals surface area contributed by atoms with Gasteiger partial charge in [0.25, 0.3) is 0 Å². The first-order chi connectivity index (χ1) is 13.6. The van der Waals surface area contributed by atoms with E-state index in [2.05, 4.69) is 12.0 Å². The molecule has 0 bridgehead atoms. The molecule has 2 fully saturated rings. The first-order valence-electron chi connectivity index (χ1n) is 10.1. The monoisotopic (exact) mass is 384 g/mol. The van der Waals surface area contributed by atoms with Gasteiger partial charge in [-0.15, -0.1) is 0 Å². The standard InChI is InChI=1S/C21H28N4O3/c1-4-5-12-24-21(22-14(2)23-24)20-19(15-6-10-17(27-3)11-7-15)25(16-8-9-16)18(26)13-28-20/h6-7,10-11,16,19-20H,4-5,8-9,12-13H2,1-3H3/t19-,20+/m1/s1. The average Bonchev–Trinajstić information content (AvgIpc) is 3.48. The van der Waals surface area contributed by atoms with Gasteiger partial charge in [0, 0.05) is 12.6 Å². The second-order valence-corrected chi connectivity index (χ2v) is 7.58. The molecule has 2 aliphatic rings. The van der Waals surface area contributed by atoms with Crippen LogP contribution < -0.4 is 4.74 Å². The number of amides is 1. The van der Waals surface area contributed by atoms with Crippen LogP contribution in [0.15, 0.2) is 24.3 Å². The molecule has 1 amide bonds. The minimum Gasteiger partial charge on any atom is -0.497 e. The summed E-state index contributed by atoms with van der Waals surface area (Å²) in [5.41, 5.74) is 1.04. The molecule has 7 nitrogen and oxygen atoms in total. The smallest absolute Gasteiger partial charge is 0.249 e. The van der Waals surface area contributed by atoms with Crippen LogP contribution in [0, 0.1) is 6.92 Å². The van der Waals surface area contributed by atoms with Gasteiger partial charge in [0.05, 0.1) is 13.2 Å². The van der Waals surface area contributed by atoms with Crippen LogP contribution in [-0.4, -0.2) is 45.3 Å². The Labute approximate surface area is 165 Å². The molecule has 0 N–H and O–H groups in total. The molecule has 1 aliphatic heterocycles. The van der Waals surface area contributed by atoms with E-state index < -0.39 is 0 Å². The number of rotatable bonds is 7. The highest BCUT2D eigenvalue weighted by atomic mass is 16.5. The van der Waals surface area contributed by atoms with Gasteiger partial charge in [0.15, 0.2) is 5.82 Å². The number of benzene rings is 1. The second kappa shape index (κ2) is 7.91. The van der Waals surface area contributed by atoms with Gasteiger partial charge in [-0.3, -0.25) is 4.79 Å². The number of carbonyl (C=O) groups excluding carboxylic acids is 1. The molecular weight excluding hydrogens is 356 g/mol. The number of methoxy groups -OCH3 is 1. The fourth-order valence-electron chi connectivity index (χ4n) is 3.92. The fraction of sp³-hybridized carbons (Fsp3) is 0.571. The number of hydrogen-bond donors (Lipinski definition) is 0. The number of nitrogens with zero attached hydrogens (tertiary/aromatic N) is 4. The molecule has 1 saturated heterocycles. The molecule has 1 aromatic heterocycles. The summed E-state index contributed by atoms with van der Waals surface area (Å²) >= 11 is 0. The summed E-state index contributed by atoms with van der Waals surface area (Å²) in [5, 5.41) is 4.59. The molecule has 2 heterocycles. The van der Waals surface area contributed by atoms with E-state index in [9.17, 15) is 4.79 Å². The Morgan fingerprint density at radius 2 is 2.00 bits per heavy atom. The summed E-state index contributed by atoms with van der Waals surface area (Å²) in [5.74, 6) is 2.39. The highest BCUT2D eigenvalue weighted by Crippen LogP contribution is 2.45. The number of carbonyl (C=O) groups is 1. The number of hydrogen-bond acceptors (Lipinski definition) is 5. The molecule has 4 rings (SSSR count). The van der Waals surface area contributed by atoms with Gasteiger partial charge in [-0.05, 0) is 43.9 Å². The molecule has 28 heavy (non-hydrogen) atoms. The van der Waals surface area contributed by atoms with E-state index in [0.717, 1.165) is 55.2 Å². The fourth-order valence-corrected chi connectivity index (χ4v) is 3.92. The predicted octanol–water partition coefficient (Wildman–Crippen LogP) is 3.20. The quantitative estimate of drug-likeness (QED) is 0.733. The Bertz CT molecular complexity index is 829. The third-order valence-electron chi connectivity index (χ3n) is 5.44.